The van der Waals surface area contributed by atoms with Gasteiger partial charge in [-0.25, -0.2) is 4.98 Å². The van der Waals surface area contributed by atoms with Crippen molar-refractivity contribution >= 4 is 63.3 Å². The molecular weight excluding hydrogens is 465 g/mol. The number of rotatable bonds is 7. The van der Waals surface area contributed by atoms with Crippen molar-refractivity contribution in [2.45, 2.75) is 32.3 Å². The summed E-state index contributed by atoms with van der Waals surface area (Å²) in [6.07, 6.45) is -0.208. The number of halogens is 3. The Morgan fingerprint density at radius 2 is 1.84 bits per heavy atom. The predicted octanol–water partition coefficient (Wildman–Crippen LogP) is 4.78. The lowest BCUT2D eigenvalue weighted by Gasteiger charge is -2.14. The molecule has 0 radical (unpaired) electrons. The van der Waals surface area contributed by atoms with Crippen LogP contribution >= 0.6 is 34.8 Å². The molecule has 1 aromatic heterocycles. The van der Waals surface area contributed by atoms with Crippen LogP contribution in [-0.2, 0) is 20.7 Å². The van der Waals surface area contributed by atoms with Gasteiger partial charge in [0.2, 0.25) is 0 Å². The third kappa shape index (κ3) is 5.97. The van der Waals surface area contributed by atoms with Crippen LogP contribution in [0.2, 0.25) is 15.1 Å². The highest BCUT2D eigenvalue weighted by atomic mass is 35.5. The van der Waals surface area contributed by atoms with Gasteiger partial charge in [0.15, 0.2) is 6.10 Å². The minimum Gasteiger partial charge on any atom is -0.453 e. The highest BCUT2D eigenvalue weighted by Gasteiger charge is 2.19. The van der Waals surface area contributed by atoms with Crippen LogP contribution in [0.4, 0.5) is 5.69 Å². The highest BCUT2D eigenvalue weighted by Crippen LogP contribution is 2.32. The summed E-state index contributed by atoms with van der Waals surface area (Å²) in [5.41, 5.74) is 0.625. The molecule has 0 aliphatic rings. The van der Waals surface area contributed by atoms with E-state index in [1.54, 1.807) is 24.3 Å². The zero-order valence-corrected chi connectivity index (χ0v) is 18.6. The number of carbonyl (C=O) groups is 2. The van der Waals surface area contributed by atoms with Crippen LogP contribution < -0.4 is 10.9 Å². The second kappa shape index (κ2) is 10.1. The number of esters is 1. The van der Waals surface area contributed by atoms with E-state index in [0.717, 1.165) is 0 Å². The molecule has 7 nitrogen and oxygen atoms in total. The average Bonchev–Trinajstić information content (AvgIpc) is 2.72. The van der Waals surface area contributed by atoms with Gasteiger partial charge < -0.3 is 15.0 Å². The van der Waals surface area contributed by atoms with E-state index < -0.39 is 18.0 Å². The molecule has 0 saturated carbocycles. The van der Waals surface area contributed by atoms with Crippen LogP contribution in [0.5, 0.6) is 0 Å². The minimum absolute atomic E-state index is 0.0572. The average molecular weight is 483 g/mol. The third-order valence-corrected chi connectivity index (χ3v) is 5.44. The predicted molar refractivity (Wildman–Crippen MR) is 121 cm³/mol. The Kier molecular flexibility index (Phi) is 7.54. The van der Waals surface area contributed by atoms with Gasteiger partial charge in [-0.15, -0.1) is 0 Å². The fourth-order valence-electron chi connectivity index (χ4n) is 2.82. The molecule has 0 saturated heterocycles. The number of hydrogen-bond donors (Lipinski definition) is 2. The number of aromatic amines is 1. The van der Waals surface area contributed by atoms with Crippen molar-refractivity contribution in [3.05, 3.63) is 67.6 Å². The molecule has 0 spiro atoms. The van der Waals surface area contributed by atoms with Crippen LogP contribution in [0.15, 0.2) is 41.2 Å². The first-order valence-electron chi connectivity index (χ1n) is 9.37. The topological polar surface area (TPSA) is 101 Å². The number of anilines is 1. The summed E-state index contributed by atoms with van der Waals surface area (Å²) in [4.78, 5) is 43.5. The Bertz CT molecular complexity index is 1200. The van der Waals surface area contributed by atoms with Gasteiger partial charge in [-0.3, -0.25) is 14.4 Å². The molecular formula is C21H18Cl3N3O4. The summed E-state index contributed by atoms with van der Waals surface area (Å²) >= 11 is 17.8. The standard InChI is InChI=1S/C21H18Cl3N3O4/c1-11(20(29)26-17-10-14(23)13(22)9-15(17)24)31-19(28)8-4-7-18-25-16-6-3-2-5-12(16)21(30)27-18/h2-3,5-6,9-11H,4,7-8H2,1H3,(H,26,29)(H,25,27,30). The smallest absolute Gasteiger partial charge is 0.306 e. The maximum atomic E-state index is 12.3. The summed E-state index contributed by atoms with van der Waals surface area (Å²) in [6, 6.07) is 9.83. The van der Waals surface area contributed by atoms with E-state index in [0.29, 0.717) is 29.6 Å². The van der Waals surface area contributed by atoms with E-state index in [9.17, 15) is 14.4 Å². The second-order valence-electron chi connectivity index (χ2n) is 6.75. The Morgan fingerprint density at radius 1 is 1.13 bits per heavy atom. The lowest BCUT2D eigenvalue weighted by atomic mass is 10.2. The number of aromatic nitrogens is 2. The Morgan fingerprint density at radius 3 is 2.61 bits per heavy atom. The third-order valence-electron chi connectivity index (χ3n) is 4.40. The van der Waals surface area contributed by atoms with Crippen LogP contribution in [0.1, 0.15) is 25.6 Å². The molecule has 1 heterocycles. The molecule has 0 fully saturated rings. The van der Waals surface area contributed by atoms with Gasteiger partial charge in [0.25, 0.3) is 11.5 Å². The summed E-state index contributed by atoms with van der Waals surface area (Å²) in [5.74, 6) is -0.628. The van der Waals surface area contributed by atoms with Gasteiger partial charge in [-0.2, -0.15) is 0 Å². The summed E-state index contributed by atoms with van der Waals surface area (Å²) in [5, 5.41) is 3.75. The highest BCUT2D eigenvalue weighted by molar-refractivity contribution is 6.44. The summed E-state index contributed by atoms with van der Waals surface area (Å²) in [6.45, 7) is 1.45. The van der Waals surface area contributed by atoms with Crippen molar-refractivity contribution in [3.8, 4) is 0 Å². The van der Waals surface area contributed by atoms with Crippen molar-refractivity contribution in [2.75, 3.05) is 5.32 Å². The summed E-state index contributed by atoms with van der Waals surface area (Å²) < 4.78 is 5.16. The molecule has 2 N–H and O–H groups in total. The lowest BCUT2D eigenvalue weighted by molar-refractivity contribution is -0.153. The van der Waals surface area contributed by atoms with E-state index in [-0.39, 0.29) is 32.7 Å². The molecule has 2 aromatic carbocycles. The first-order chi connectivity index (χ1) is 14.7. The van der Waals surface area contributed by atoms with Crippen molar-refractivity contribution in [2.24, 2.45) is 0 Å². The molecule has 10 heteroatoms. The van der Waals surface area contributed by atoms with Gasteiger partial charge in [0, 0.05) is 12.8 Å². The van der Waals surface area contributed by atoms with Crippen LogP contribution in [-0.4, -0.2) is 27.9 Å². The molecule has 3 aromatic rings. The van der Waals surface area contributed by atoms with Crippen LogP contribution in [0, 0.1) is 0 Å². The number of H-pyrrole nitrogens is 1. The molecule has 0 aliphatic carbocycles. The zero-order chi connectivity index (χ0) is 22.5. The largest absolute Gasteiger partial charge is 0.453 e. The van der Waals surface area contributed by atoms with Crippen molar-refractivity contribution in [3.63, 3.8) is 0 Å². The van der Waals surface area contributed by atoms with E-state index >= 15 is 0 Å². The van der Waals surface area contributed by atoms with E-state index in [1.165, 1.54) is 19.1 Å². The Labute approximate surface area is 192 Å². The Balaban J connectivity index is 1.51. The molecule has 1 amide bonds. The van der Waals surface area contributed by atoms with Gasteiger partial charge in [-0.1, -0.05) is 46.9 Å². The number of para-hydroxylation sites is 1. The number of benzene rings is 2. The number of amides is 1. The number of ether oxygens (including phenoxy) is 1. The molecule has 3 rings (SSSR count). The number of carbonyl (C=O) groups excluding carboxylic acids is 2. The SMILES string of the molecule is CC(OC(=O)CCCc1nc2ccccc2c(=O)[nH]1)C(=O)Nc1cc(Cl)c(Cl)cc1Cl. The zero-order valence-electron chi connectivity index (χ0n) is 16.4. The maximum Gasteiger partial charge on any atom is 0.306 e. The number of nitrogens with zero attached hydrogens (tertiary/aromatic N) is 1. The quantitative estimate of drug-likeness (QED) is 0.373. The van der Waals surface area contributed by atoms with Crippen molar-refractivity contribution in [1.29, 1.82) is 0 Å². The molecule has 1 atom stereocenters. The first kappa shape index (κ1) is 23.1. The van der Waals surface area contributed by atoms with Crippen LogP contribution in [0.3, 0.4) is 0 Å². The van der Waals surface area contributed by atoms with E-state index in [2.05, 4.69) is 15.3 Å². The first-order valence-corrected chi connectivity index (χ1v) is 10.5. The van der Waals surface area contributed by atoms with E-state index in [4.69, 9.17) is 39.5 Å². The normalized spacial score (nSPS) is 11.9. The van der Waals surface area contributed by atoms with Gasteiger partial charge in [-0.05, 0) is 37.6 Å². The second-order valence-corrected chi connectivity index (χ2v) is 7.97. The number of nitrogens with one attached hydrogen (secondary N) is 2. The monoisotopic (exact) mass is 481 g/mol. The van der Waals surface area contributed by atoms with E-state index in [1.807, 2.05) is 0 Å². The number of aryl methyl sites for hydroxylation is 1. The Hall–Kier alpha value is -2.61. The van der Waals surface area contributed by atoms with Crippen molar-refractivity contribution < 1.29 is 14.3 Å². The molecule has 31 heavy (non-hydrogen) atoms. The fraction of sp³-hybridized carbons (Fsp3) is 0.238. The molecule has 0 bridgehead atoms. The minimum atomic E-state index is -1.04. The fourth-order valence-corrected chi connectivity index (χ4v) is 3.41. The molecule has 162 valence electrons. The number of fused-ring (bicyclic) bond motifs is 1. The molecule has 1 unspecified atom stereocenters. The lowest BCUT2D eigenvalue weighted by Crippen LogP contribution is -2.30. The van der Waals surface area contributed by atoms with Crippen molar-refractivity contribution in [1.82, 2.24) is 9.97 Å². The number of hydrogen-bond acceptors (Lipinski definition) is 5. The van der Waals surface area contributed by atoms with Gasteiger partial charge >= 0.3 is 5.97 Å². The molecule has 0 aliphatic heterocycles. The maximum absolute atomic E-state index is 12.3. The van der Waals surface area contributed by atoms with Gasteiger partial charge in [0.1, 0.15) is 5.82 Å². The summed E-state index contributed by atoms with van der Waals surface area (Å²) in [7, 11) is 0. The van der Waals surface area contributed by atoms with Crippen LogP contribution in [0.25, 0.3) is 10.9 Å². The van der Waals surface area contributed by atoms with Gasteiger partial charge in [0.05, 0.1) is 31.7 Å².